The van der Waals surface area contributed by atoms with Crippen molar-refractivity contribution >= 4 is 39.6 Å². The summed E-state index contributed by atoms with van der Waals surface area (Å²) in [6, 6.07) is 9.64. The van der Waals surface area contributed by atoms with Gasteiger partial charge in [-0.05, 0) is 60.2 Å². The van der Waals surface area contributed by atoms with Crippen molar-refractivity contribution in [3.8, 4) is 0 Å². The molecule has 1 aromatic heterocycles. The maximum Gasteiger partial charge on any atom is 0.138 e. The Morgan fingerprint density at radius 3 is 2.78 bits per heavy atom. The van der Waals surface area contributed by atoms with Gasteiger partial charge in [-0.15, -0.1) is 11.3 Å². The Labute approximate surface area is 125 Å². The molecule has 0 aliphatic carbocycles. The first-order valence-electron chi connectivity index (χ1n) is 5.91. The van der Waals surface area contributed by atoms with Crippen LogP contribution in [0.25, 0.3) is 0 Å². The molecule has 96 valence electrons. The van der Waals surface area contributed by atoms with Crippen LogP contribution in [-0.2, 0) is 6.42 Å². The van der Waals surface area contributed by atoms with Gasteiger partial charge in [-0.3, -0.25) is 0 Å². The zero-order chi connectivity index (χ0) is 13.1. The molecule has 1 unspecified atom stereocenters. The van der Waals surface area contributed by atoms with Crippen molar-refractivity contribution in [2.45, 2.75) is 26.3 Å². The molecule has 1 N–H and O–H groups in total. The van der Waals surface area contributed by atoms with Gasteiger partial charge < -0.3 is 5.32 Å². The van der Waals surface area contributed by atoms with E-state index in [4.69, 9.17) is 0 Å². The summed E-state index contributed by atoms with van der Waals surface area (Å²) in [5.41, 5.74) is 0.856. The lowest BCUT2D eigenvalue weighted by Crippen LogP contribution is -2.06. The summed E-state index contributed by atoms with van der Waals surface area (Å²) in [4.78, 5) is 2.67. The number of rotatable bonds is 4. The lowest BCUT2D eigenvalue weighted by atomic mass is 10.2. The van der Waals surface area contributed by atoms with E-state index >= 15 is 0 Å². The summed E-state index contributed by atoms with van der Waals surface area (Å²) in [7, 11) is 0. The number of halogens is 2. The predicted octanol–water partition coefficient (Wildman–Crippen LogP) is 5.23. The van der Waals surface area contributed by atoms with Crippen LogP contribution in [-0.4, -0.2) is 0 Å². The highest BCUT2D eigenvalue weighted by molar-refractivity contribution is 14.1. The topological polar surface area (TPSA) is 12.0 Å². The fraction of sp³-hybridized carbons (Fsp3) is 0.286. The second kappa shape index (κ2) is 6.02. The Morgan fingerprint density at radius 1 is 1.33 bits per heavy atom. The van der Waals surface area contributed by atoms with Crippen LogP contribution in [0.3, 0.4) is 0 Å². The van der Waals surface area contributed by atoms with Gasteiger partial charge in [0.25, 0.3) is 0 Å². The van der Waals surface area contributed by atoms with Crippen molar-refractivity contribution in [2.24, 2.45) is 0 Å². The molecule has 1 aromatic carbocycles. The zero-order valence-electron chi connectivity index (χ0n) is 10.3. The SMILES string of the molecule is CCc1ccc(C(C)Nc2cccc(F)c2I)s1. The first-order valence-corrected chi connectivity index (χ1v) is 7.80. The largest absolute Gasteiger partial charge is 0.377 e. The third-order valence-corrected chi connectivity index (χ3v) is 5.29. The van der Waals surface area contributed by atoms with E-state index in [2.05, 4.69) is 31.3 Å². The van der Waals surface area contributed by atoms with Crippen molar-refractivity contribution in [2.75, 3.05) is 5.32 Å². The van der Waals surface area contributed by atoms with E-state index in [1.54, 1.807) is 6.07 Å². The molecule has 1 nitrogen and oxygen atoms in total. The fourth-order valence-electron chi connectivity index (χ4n) is 1.74. The lowest BCUT2D eigenvalue weighted by molar-refractivity contribution is 0.620. The Bertz CT molecular complexity index is 538. The van der Waals surface area contributed by atoms with Crippen LogP contribution in [0.4, 0.5) is 10.1 Å². The van der Waals surface area contributed by atoms with Gasteiger partial charge in [0.15, 0.2) is 0 Å². The molecule has 0 radical (unpaired) electrons. The average molecular weight is 375 g/mol. The minimum Gasteiger partial charge on any atom is -0.377 e. The number of anilines is 1. The standard InChI is InChI=1S/C14H15FINS/c1-3-10-7-8-13(18-10)9(2)17-12-6-4-5-11(15)14(12)16/h4-9,17H,3H2,1-2H3. The molecule has 1 atom stereocenters. The van der Waals surface area contributed by atoms with E-state index in [1.807, 2.05) is 40.0 Å². The summed E-state index contributed by atoms with van der Waals surface area (Å²) < 4.78 is 14.1. The van der Waals surface area contributed by atoms with E-state index in [-0.39, 0.29) is 11.9 Å². The number of nitrogens with one attached hydrogen (secondary N) is 1. The molecule has 18 heavy (non-hydrogen) atoms. The summed E-state index contributed by atoms with van der Waals surface area (Å²) in [6.45, 7) is 4.26. The fourth-order valence-corrected chi connectivity index (χ4v) is 3.21. The first kappa shape index (κ1) is 13.8. The van der Waals surface area contributed by atoms with Crippen LogP contribution in [0.5, 0.6) is 0 Å². The molecule has 0 aliphatic heterocycles. The van der Waals surface area contributed by atoms with E-state index in [0.29, 0.717) is 3.57 Å². The second-order valence-corrected chi connectivity index (χ2v) is 6.40. The van der Waals surface area contributed by atoms with Crippen LogP contribution in [0, 0.1) is 9.39 Å². The van der Waals surface area contributed by atoms with Crippen molar-refractivity contribution in [3.63, 3.8) is 0 Å². The van der Waals surface area contributed by atoms with Crippen LogP contribution in [0.2, 0.25) is 0 Å². The van der Waals surface area contributed by atoms with Crippen molar-refractivity contribution in [1.29, 1.82) is 0 Å². The normalized spacial score (nSPS) is 12.4. The maximum absolute atomic E-state index is 13.4. The molecule has 0 bridgehead atoms. The molecule has 0 aliphatic rings. The average Bonchev–Trinajstić information content (AvgIpc) is 2.83. The van der Waals surface area contributed by atoms with E-state index in [1.165, 1.54) is 15.8 Å². The summed E-state index contributed by atoms with van der Waals surface area (Å²) in [5.74, 6) is -0.173. The Kier molecular flexibility index (Phi) is 4.61. The predicted molar refractivity (Wildman–Crippen MR) is 84.9 cm³/mol. The summed E-state index contributed by atoms with van der Waals surface area (Å²) >= 11 is 3.85. The van der Waals surface area contributed by atoms with Crippen molar-refractivity contribution in [1.82, 2.24) is 0 Å². The maximum atomic E-state index is 13.4. The van der Waals surface area contributed by atoms with Gasteiger partial charge >= 0.3 is 0 Å². The highest BCUT2D eigenvalue weighted by Crippen LogP contribution is 2.29. The van der Waals surface area contributed by atoms with Crippen LogP contribution >= 0.6 is 33.9 Å². The van der Waals surface area contributed by atoms with E-state index in [0.717, 1.165) is 12.1 Å². The molecule has 2 rings (SSSR count). The quantitative estimate of drug-likeness (QED) is 0.722. The van der Waals surface area contributed by atoms with Crippen LogP contribution in [0.1, 0.15) is 29.6 Å². The second-order valence-electron chi connectivity index (χ2n) is 4.13. The third-order valence-electron chi connectivity index (χ3n) is 2.78. The Balaban J connectivity index is 2.15. The molecule has 0 spiro atoms. The van der Waals surface area contributed by atoms with Gasteiger partial charge in [0.05, 0.1) is 15.3 Å². The molecule has 4 heteroatoms. The zero-order valence-corrected chi connectivity index (χ0v) is 13.3. The number of benzene rings is 1. The van der Waals surface area contributed by atoms with Gasteiger partial charge in [-0.25, -0.2) is 4.39 Å². The van der Waals surface area contributed by atoms with Gasteiger partial charge in [-0.1, -0.05) is 13.0 Å². The highest BCUT2D eigenvalue weighted by Gasteiger charge is 2.11. The summed E-state index contributed by atoms with van der Waals surface area (Å²) in [6.07, 6.45) is 1.06. The molecular weight excluding hydrogens is 360 g/mol. The first-order chi connectivity index (χ1) is 8.61. The third kappa shape index (κ3) is 3.03. The smallest absolute Gasteiger partial charge is 0.138 e. The molecule has 0 saturated heterocycles. The molecule has 0 amide bonds. The lowest BCUT2D eigenvalue weighted by Gasteiger charge is -2.15. The minimum absolute atomic E-state index is 0.173. The van der Waals surface area contributed by atoms with Gasteiger partial charge in [0, 0.05) is 9.75 Å². The minimum atomic E-state index is -0.173. The van der Waals surface area contributed by atoms with Crippen molar-refractivity contribution < 1.29 is 4.39 Å². The molecular formula is C14H15FINS. The van der Waals surface area contributed by atoms with E-state index in [9.17, 15) is 4.39 Å². The number of thiophene rings is 1. The van der Waals surface area contributed by atoms with Gasteiger partial charge in [-0.2, -0.15) is 0 Å². The Morgan fingerprint density at radius 2 is 2.11 bits per heavy atom. The number of aryl methyl sites for hydroxylation is 1. The molecule has 0 fully saturated rings. The number of hydrogen-bond donors (Lipinski definition) is 1. The Hall–Kier alpha value is -0.620. The van der Waals surface area contributed by atoms with Crippen LogP contribution < -0.4 is 5.32 Å². The summed E-state index contributed by atoms with van der Waals surface area (Å²) in [5, 5.41) is 3.37. The molecule has 2 aromatic rings. The monoisotopic (exact) mass is 375 g/mol. The van der Waals surface area contributed by atoms with Crippen LogP contribution in [0.15, 0.2) is 30.3 Å². The van der Waals surface area contributed by atoms with Crippen molar-refractivity contribution in [3.05, 3.63) is 49.5 Å². The molecule has 0 saturated carbocycles. The van der Waals surface area contributed by atoms with Gasteiger partial charge in [0.2, 0.25) is 0 Å². The molecule has 1 heterocycles. The highest BCUT2D eigenvalue weighted by atomic mass is 127. The van der Waals surface area contributed by atoms with E-state index < -0.39 is 0 Å². The van der Waals surface area contributed by atoms with Gasteiger partial charge in [0.1, 0.15) is 5.82 Å². The number of hydrogen-bond acceptors (Lipinski definition) is 2.